The number of carbonyl (C=O) groups excluding carboxylic acids is 1. The van der Waals surface area contributed by atoms with Crippen molar-refractivity contribution in [3.63, 3.8) is 0 Å². The van der Waals surface area contributed by atoms with Gasteiger partial charge in [-0.2, -0.15) is 5.10 Å². The molecule has 0 bridgehead atoms. The van der Waals surface area contributed by atoms with Crippen molar-refractivity contribution in [3.05, 3.63) is 75.7 Å². The van der Waals surface area contributed by atoms with Gasteiger partial charge in [0.05, 0.1) is 12.2 Å². The minimum absolute atomic E-state index is 0.0920. The molecule has 0 fully saturated rings. The highest BCUT2D eigenvalue weighted by Crippen LogP contribution is 2.17. The molecule has 3 aromatic rings. The van der Waals surface area contributed by atoms with Crippen LogP contribution in [0.1, 0.15) is 34.5 Å². The van der Waals surface area contributed by atoms with E-state index >= 15 is 0 Å². The Morgan fingerprint density at radius 2 is 1.85 bits per heavy atom. The Hall–Kier alpha value is -2.95. The fourth-order valence-electron chi connectivity index (χ4n) is 3.47. The van der Waals surface area contributed by atoms with Crippen molar-refractivity contribution in [2.45, 2.75) is 32.2 Å². The fraction of sp³-hybridized carbons (Fsp3) is 0.286. The highest BCUT2D eigenvalue weighted by Gasteiger charge is 2.13. The summed E-state index contributed by atoms with van der Waals surface area (Å²) in [5.74, 6) is -0.137. The summed E-state index contributed by atoms with van der Waals surface area (Å²) in [4.78, 5) is 24.5. The number of nitrogens with zero attached hydrogens (tertiary/aromatic N) is 2. The minimum Gasteiger partial charge on any atom is -0.350 e. The maximum Gasteiger partial charge on any atom is 0.267 e. The second-order valence-corrected chi connectivity index (χ2v) is 6.70. The molecular weight excluding hydrogens is 326 g/mol. The first-order valence-corrected chi connectivity index (χ1v) is 9.08. The Kier molecular flexibility index (Phi) is 4.52. The molecule has 1 N–H and O–H groups in total. The van der Waals surface area contributed by atoms with Crippen LogP contribution in [0.15, 0.2) is 53.3 Å². The van der Waals surface area contributed by atoms with Gasteiger partial charge in [0.2, 0.25) is 0 Å². The molecule has 0 saturated carbocycles. The molecule has 5 heteroatoms. The molecule has 0 atom stereocenters. The van der Waals surface area contributed by atoms with E-state index in [0.717, 1.165) is 47.7 Å². The SMILES string of the molecule is O=C(NCCn1nc2c(cc1=O)CCCC2)c1ccc2ccccc2c1. The first kappa shape index (κ1) is 16.5. The second kappa shape index (κ2) is 7.12. The average Bonchev–Trinajstić information content (AvgIpc) is 2.68. The monoisotopic (exact) mass is 347 g/mol. The molecule has 1 aromatic heterocycles. The van der Waals surface area contributed by atoms with Gasteiger partial charge >= 0.3 is 0 Å². The van der Waals surface area contributed by atoms with Crippen LogP contribution in [0.3, 0.4) is 0 Å². The first-order valence-electron chi connectivity index (χ1n) is 9.08. The van der Waals surface area contributed by atoms with Crippen LogP contribution in [0.2, 0.25) is 0 Å². The lowest BCUT2D eigenvalue weighted by Crippen LogP contribution is -2.33. The van der Waals surface area contributed by atoms with Gasteiger partial charge in [-0.1, -0.05) is 30.3 Å². The predicted molar refractivity (Wildman–Crippen MR) is 101 cm³/mol. The smallest absolute Gasteiger partial charge is 0.267 e. The lowest BCUT2D eigenvalue weighted by atomic mass is 9.97. The molecule has 5 nitrogen and oxygen atoms in total. The van der Waals surface area contributed by atoms with E-state index in [9.17, 15) is 9.59 Å². The summed E-state index contributed by atoms with van der Waals surface area (Å²) in [6.07, 6.45) is 4.12. The normalized spacial score (nSPS) is 13.4. The summed E-state index contributed by atoms with van der Waals surface area (Å²) >= 11 is 0. The predicted octanol–water partition coefficient (Wildman–Crippen LogP) is 2.71. The van der Waals surface area contributed by atoms with Gasteiger partial charge in [-0.3, -0.25) is 9.59 Å². The Morgan fingerprint density at radius 3 is 2.73 bits per heavy atom. The number of rotatable bonds is 4. The Bertz CT molecular complexity index is 1020. The largest absolute Gasteiger partial charge is 0.350 e. The van der Waals surface area contributed by atoms with Gasteiger partial charge in [-0.15, -0.1) is 0 Å². The Labute approximate surface area is 151 Å². The molecule has 4 rings (SSSR count). The number of aryl methyl sites for hydroxylation is 2. The number of aromatic nitrogens is 2. The highest BCUT2D eigenvalue weighted by molar-refractivity contribution is 5.98. The van der Waals surface area contributed by atoms with E-state index in [4.69, 9.17) is 0 Å². The fourth-order valence-corrected chi connectivity index (χ4v) is 3.47. The zero-order chi connectivity index (χ0) is 17.9. The molecule has 1 aliphatic carbocycles. The Morgan fingerprint density at radius 1 is 1.04 bits per heavy atom. The molecule has 0 radical (unpaired) electrons. The van der Waals surface area contributed by atoms with Crippen molar-refractivity contribution >= 4 is 16.7 Å². The number of nitrogens with one attached hydrogen (secondary N) is 1. The number of amides is 1. The molecule has 0 aliphatic heterocycles. The van der Waals surface area contributed by atoms with Crippen LogP contribution in [0.4, 0.5) is 0 Å². The van der Waals surface area contributed by atoms with Crippen molar-refractivity contribution in [3.8, 4) is 0 Å². The maximum atomic E-state index is 12.4. The molecule has 0 spiro atoms. The molecule has 0 saturated heterocycles. The van der Waals surface area contributed by atoms with Gasteiger partial charge in [0.25, 0.3) is 11.5 Å². The molecule has 2 aromatic carbocycles. The zero-order valence-corrected chi connectivity index (χ0v) is 14.6. The van der Waals surface area contributed by atoms with Gasteiger partial charge in [0.1, 0.15) is 0 Å². The lowest BCUT2D eigenvalue weighted by Gasteiger charge is -2.16. The molecule has 0 unspecified atom stereocenters. The van der Waals surface area contributed by atoms with Crippen LogP contribution in [-0.2, 0) is 19.4 Å². The van der Waals surface area contributed by atoms with Gasteiger partial charge in [0.15, 0.2) is 0 Å². The number of benzene rings is 2. The van der Waals surface area contributed by atoms with Gasteiger partial charge in [-0.25, -0.2) is 4.68 Å². The van der Waals surface area contributed by atoms with Crippen molar-refractivity contribution in [1.29, 1.82) is 0 Å². The number of fused-ring (bicyclic) bond motifs is 2. The molecule has 1 amide bonds. The molecule has 1 aliphatic rings. The van der Waals surface area contributed by atoms with E-state index in [1.807, 2.05) is 42.5 Å². The first-order chi connectivity index (χ1) is 12.7. The van der Waals surface area contributed by atoms with Crippen molar-refractivity contribution < 1.29 is 4.79 Å². The van der Waals surface area contributed by atoms with Crippen molar-refractivity contribution in [1.82, 2.24) is 15.1 Å². The molecule has 26 heavy (non-hydrogen) atoms. The maximum absolute atomic E-state index is 12.4. The van der Waals surface area contributed by atoms with Crippen LogP contribution >= 0.6 is 0 Å². The molecule has 1 heterocycles. The van der Waals surface area contributed by atoms with Crippen LogP contribution < -0.4 is 10.9 Å². The average molecular weight is 347 g/mol. The highest BCUT2D eigenvalue weighted by atomic mass is 16.1. The third kappa shape index (κ3) is 3.38. The second-order valence-electron chi connectivity index (χ2n) is 6.70. The van der Waals surface area contributed by atoms with E-state index in [1.54, 1.807) is 6.07 Å². The third-order valence-electron chi connectivity index (χ3n) is 4.89. The quantitative estimate of drug-likeness (QED) is 0.789. The van der Waals surface area contributed by atoms with Crippen LogP contribution in [0, 0.1) is 0 Å². The number of carbonyl (C=O) groups is 1. The van der Waals surface area contributed by atoms with Crippen LogP contribution in [0.5, 0.6) is 0 Å². The van der Waals surface area contributed by atoms with E-state index < -0.39 is 0 Å². The van der Waals surface area contributed by atoms with E-state index in [2.05, 4.69) is 10.4 Å². The van der Waals surface area contributed by atoms with Crippen LogP contribution in [0.25, 0.3) is 10.8 Å². The lowest BCUT2D eigenvalue weighted by molar-refractivity contribution is 0.0952. The Balaban J connectivity index is 1.42. The summed E-state index contributed by atoms with van der Waals surface area (Å²) < 4.78 is 1.46. The van der Waals surface area contributed by atoms with E-state index in [0.29, 0.717) is 18.7 Å². The minimum atomic E-state index is -0.137. The van der Waals surface area contributed by atoms with Gasteiger partial charge in [0, 0.05) is 18.2 Å². The van der Waals surface area contributed by atoms with Gasteiger partial charge in [-0.05, 0) is 54.2 Å². The summed E-state index contributed by atoms with van der Waals surface area (Å²) in [7, 11) is 0. The van der Waals surface area contributed by atoms with Crippen molar-refractivity contribution in [2.75, 3.05) is 6.54 Å². The number of hydrogen-bond acceptors (Lipinski definition) is 3. The summed E-state index contributed by atoms with van der Waals surface area (Å²) in [5, 5.41) is 9.50. The summed E-state index contributed by atoms with van der Waals surface area (Å²) in [5.41, 5.74) is 2.63. The zero-order valence-electron chi connectivity index (χ0n) is 14.6. The van der Waals surface area contributed by atoms with E-state index in [-0.39, 0.29) is 11.5 Å². The number of hydrogen-bond donors (Lipinski definition) is 1. The van der Waals surface area contributed by atoms with Gasteiger partial charge < -0.3 is 5.32 Å². The topological polar surface area (TPSA) is 64.0 Å². The van der Waals surface area contributed by atoms with E-state index in [1.165, 1.54) is 4.68 Å². The molecular formula is C21H21N3O2. The third-order valence-corrected chi connectivity index (χ3v) is 4.89. The van der Waals surface area contributed by atoms with Crippen molar-refractivity contribution in [2.24, 2.45) is 0 Å². The summed E-state index contributed by atoms with van der Waals surface area (Å²) in [6, 6.07) is 15.3. The summed E-state index contributed by atoms with van der Waals surface area (Å²) in [6.45, 7) is 0.753. The standard InChI is InChI=1S/C21H21N3O2/c25-20-14-17-7-3-4-8-19(17)23-24(20)12-11-22-21(26)18-10-9-15-5-1-2-6-16(15)13-18/h1-2,5-6,9-10,13-14H,3-4,7-8,11-12H2,(H,22,26). The van der Waals surface area contributed by atoms with Crippen LogP contribution in [-0.4, -0.2) is 22.2 Å². The molecule has 132 valence electrons.